The van der Waals surface area contributed by atoms with E-state index in [0.717, 1.165) is 10.2 Å². The van der Waals surface area contributed by atoms with Gasteiger partial charge in [-0.25, -0.2) is 9.97 Å². The van der Waals surface area contributed by atoms with Gasteiger partial charge in [-0.2, -0.15) is 0 Å². The Balaban J connectivity index is 1.26. The molecule has 0 bridgehead atoms. The first kappa shape index (κ1) is 17.0. The van der Waals surface area contributed by atoms with E-state index in [2.05, 4.69) is 20.3 Å². The molecule has 5 rings (SSSR count). The number of ether oxygens (including phenoxy) is 1. The summed E-state index contributed by atoms with van der Waals surface area (Å²) in [5.41, 5.74) is 4.55. The molecular formula is C18H16N6O3S. The number of benzene rings is 1. The summed E-state index contributed by atoms with van der Waals surface area (Å²) < 4.78 is 6.76. The Morgan fingerprint density at radius 3 is 3.21 bits per heavy atom. The summed E-state index contributed by atoms with van der Waals surface area (Å²) in [7, 11) is 0. The summed E-state index contributed by atoms with van der Waals surface area (Å²) in [5, 5.41) is 7.95. The summed E-state index contributed by atoms with van der Waals surface area (Å²) in [6.07, 6.45) is 1.40. The number of rotatable bonds is 4. The molecule has 1 unspecified atom stereocenters. The summed E-state index contributed by atoms with van der Waals surface area (Å²) in [6, 6.07) is 9.19. The number of carbonyl (C=O) groups excluding carboxylic acids is 1. The minimum atomic E-state index is -0.257. The second-order valence-electron chi connectivity index (χ2n) is 6.38. The number of amides is 1. The van der Waals surface area contributed by atoms with Gasteiger partial charge in [0.2, 0.25) is 5.65 Å². The van der Waals surface area contributed by atoms with Crippen LogP contribution in [0.1, 0.15) is 10.4 Å². The van der Waals surface area contributed by atoms with E-state index in [9.17, 15) is 4.79 Å². The number of aromatic nitrogens is 5. The molecular weight excluding hydrogens is 380 g/mol. The molecule has 4 aromatic rings. The third-order valence-electron chi connectivity index (χ3n) is 4.57. The highest BCUT2D eigenvalue weighted by molar-refractivity contribution is 7.16. The lowest BCUT2D eigenvalue weighted by Crippen LogP contribution is -2.48. The number of hydrogen-bond acceptors (Lipinski definition) is 8. The molecule has 10 heteroatoms. The van der Waals surface area contributed by atoms with Crippen molar-refractivity contribution in [1.82, 2.24) is 30.0 Å². The Hall–Kier alpha value is -3.11. The van der Waals surface area contributed by atoms with Crippen molar-refractivity contribution in [1.29, 1.82) is 0 Å². The van der Waals surface area contributed by atoms with Gasteiger partial charge >= 0.3 is 0 Å². The monoisotopic (exact) mass is 396 g/mol. The molecule has 1 aliphatic rings. The third kappa shape index (κ3) is 3.16. The number of pyridine rings is 1. The smallest absolute Gasteiger partial charge is 0.254 e. The van der Waals surface area contributed by atoms with E-state index in [1.807, 2.05) is 24.3 Å². The van der Waals surface area contributed by atoms with Crippen LogP contribution < -0.4 is 4.84 Å². The van der Waals surface area contributed by atoms with E-state index in [-0.39, 0.29) is 18.6 Å². The van der Waals surface area contributed by atoms with Crippen molar-refractivity contribution < 1.29 is 14.4 Å². The zero-order chi connectivity index (χ0) is 18.9. The first-order chi connectivity index (χ1) is 13.8. The van der Waals surface area contributed by atoms with Gasteiger partial charge in [-0.15, -0.1) is 16.4 Å². The van der Waals surface area contributed by atoms with E-state index in [4.69, 9.17) is 9.57 Å². The quantitative estimate of drug-likeness (QED) is 0.515. The highest BCUT2D eigenvalue weighted by atomic mass is 32.1. The van der Waals surface area contributed by atoms with Crippen molar-refractivity contribution in [2.45, 2.75) is 6.10 Å². The molecule has 1 amide bonds. The second-order valence-corrected chi connectivity index (χ2v) is 7.27. The molecule has 1 atom stereocenters. The Kier molecular flexibility index (Phi) is 4.34. The molecule has 1 saturated heterocycles. The summed E-state index contributed by atoms with van der Waals surface area (Å²) in [6.45, 7) is 1.69. The van der Waals surface area contributed by atoms with Crippen LogP contribution in [0.2, 0.25) is 0 Å². The number of fused-ring (bicyclic) bond motifs is 2. The third-order valence-corrected chi connectivity index (χ3v) is 5.36. The van der Waals surface area contributed by atoms with Gasteiger partial charge in [0.25, 0.3) is 5.91 Å². The van der Waals surface area contributed by atoms with Crippen molar-refractivity contribution in [3.63, 3.8) is 0 Å². The van der Waals surface area contributed by atoms with E-state index >= 15 is 0 Å². The summed E-state index contributed by atoms with van der Waals surface area (Å²) in [4.78, 5) is 30.1. The summed E-state index contributed by atoms with van der Waals surface area (Å²) in [5.74, 6) is -0.0172. The Labute approximate surface area is 163 Å². The highest BCUT2D eigenvalue weighted by Crippen LogP contribution is 2.20. The molecule has 4 heterocycles. The molecule has 142 valence electrons. The molecule has 0 aliphatic carbocycles. The highest BCUT2D eigenvalue weighted by Gasteiger charge is 2.26. The van der Waals surface area contributed by atoms with Crippen LogP contribution in [0.4, 0.5) is 0 Å². The first-order valence-corrected chi connectivity index (χ1v) is 9.70. The first-order valence-electron chi connectivity index (χ1n) is 8.82. The normalized spacial score (nSPS) is 17.3. The number of carbonyl (C=O) groups is 1. The fraction of sp³-hybridized carbons (Fsp3) is 0.278. The SMILES string of the molecule is O=C(c1ccc2ncsc2c1)N1CCOC(COn2nnc3cccnc32)C1. The predicted octanol–water partition coefficient (Wildman–Crippen LogP) is 1.41. The van der Waals surface area contributed by atoms with Crippen LogP contribution in [0.3, 0.4) is 0 Å². The zero-order valence-corrected chi connectivity index (χ0v) is 15.6. The van der Waals surface area contributed by atoms with E-state index in [0.29, 0.717) is 36.4 Å². The Morgan fingerprint density at radius 1 is 1.29 bits per heavy atom. The summed E-state index contributed by atoms with van der Waals surface area (Å²) >= 11 is 1.53. The fourth-order valence-corrected chi connectivity index (χ4v) is 3.88. The molecule has 1 aromatic carbocycles. The van der Waals surface area contributed by atoms with Crippen LogP contribution >= 0.6 is 11.3 Å². The molecule has 1 fully saturated rings. The fourth-order valence-electron chi connectivity index (χ4n) is 3.16. The maximum Gasteiger partial charge on any atom is 0.254 e. The van der Waals surface area contributed by atoms with Gasteiger partial charge in [0.1, 0.15) is 18.2 Å². The lowest BCUT2D eigenvalue weighted by Gasteiger charge is -2.32. The van der Waals surface area contributed by atoms with Crippen LogP contribution in [0.15, 0.2) is 42.0 Å². The number of morpholine rings is 1. The molecule has 1 aliphatic heterocycles. The van der Waals surface area contributed by atoms with Gasteiger partial charge in [0.15, 0.2) is 0 Å². The van der Waals surface area contributed by atoms with Crippen molar-refractivity contribution in [3.05, 3.63) is 47.6 Å². The maximum absolute atomic E-state index is 12.9. The van der Waals surface area contributed by atoms with Gasteiger partial charge in [-0.3, -0.25) is 4.79 Å². The predicted molar refractivity (Wildman–Crippen MR) is 102 cm³/mol. The number of nitrogens with zero attached hydrogens (tertiary/aromatic N) is 6. The average molecular weight is 396 g/mol. The zero-order valence-electron chi connectivity index (χ0n) is 14.8. The van der Waals surface area contributed by atoms with Gasteiger partial charge in [0.05, 0.1) is 28.9 Å². The lowest BCUT2D eigenvalue weighted by atomic mass is 10.1. The Bertz CT molecular complexity index is 1140. The van der Waals surface area contributed by atoms with Crippen molar-refractivity contribution >= 4 is 38.6 Å². The molecule has 0 spiro atoms. The second kappa shape index (κ2) is 7.13. The topological polar surface area (TPSA) is 95.3 Å². The molecule has 0 N–H and O–H groups in total. The minimum absolute atomic E-state index is 0.0172. The van der Waals surface area contributed by atoms with E-state index in [1.54, 1.807) is 22.7 Å². The van der Waals surface area contributed by atoms with Gasteiger partial charge in [-0.05, 0) is 35.5 Å². The largest absolute Gasteiger partial charge is 0.391 e. The van der Waals surface area contributed by atoms with Gasteiger partial charge in [-0.1, -0.05) is 4.85 Å². The van der Waals surface area contributed by atoms with Gasteiger partial charge < -0.3 is 14.5 Å². The van der Waals surface area contributed by atoms with Crippen molar-refractivity contribution in [3.8, 4) is 0 Å². The minimum Gasteiger partial charge on any atom is -0.391 e. The molecule has 3 aromatic heterocycles. The van der Waals surface area contributed by atoms with Crippen LogP contribution in [-0.2, 0) is 4.74 Å². The lowest BCUT2D eigenvalue weighted by molar-refractivity contribution is -0.0680. The maximum atomic E-state index is 12.9. The average Bonchev–Trinajstić information content (AvgIpc) is 3.38. The molecule has 9 nitrogen and oxygen atoms in total. The van der Waals surface area contributed by atoms with E-state index < -0.39 is 0 Å². The van der Waals surface area contributed by atoms with Crippen LogP contribution in [0, 0.1) is 0 Å². The van der Waals surface area contributed by atoms with Crippen LogP contribution in [0.25, 0.3) is 21.4 Å². The van der Waals surface area contributed by atoms with Crippen LogP contribution in [-0.4, -0.2) is 68.3 Å². The van der Waals surface area contributed by atoms with Crippen molar-refractivity contribution in [2.75, 3.05) is 26.3 Å². The standard InChI is InChI=1S/C18H16N6O3S/c25-18(12-3-4-14-16(8-12)28-11-20-14)23-6-7-26-13(9-23)10-27-24-17-15(21-22-24)2-1-5-19-17/h1-5,8,11,13H,6-7,9-10H2. The van der Waals surface area contributed by atoms with Crippen molar-refractivity contribution in [2.24, 2.45) is 0 Å². The van der Waals surface area contributed by atoms with Crippen LogP contribution in [0.5, 0.6) is 0 Å². The molecule has 0 radical (unpaired) electrons. The number of hydrogen-bond donors (Lipinski definition) is 0. The number of thiazole rings is 1. The van der Waals surface area contributed by atoms with Gasteiger partial charge in [0, 0.05) is 18.3 Å². The molecule has 28 heavy (non-hydrogen) atoms. The molecule has 0 saturated carbocycles. The Morgan fingerprint density at radius 2 is 2.25 bits per heavy atom. The van der Waals surface area contributed by atoms with E-state index in [1.165, 1.54) is 16.2 Å².